The maximum Gasteiger partial charge on any atom is 0.249 e. The summed E-state index contributed by atoms with van der Waals surface area (Å²) >= 11 is 0. The van der Waals surface area contributed by atoms with Crippen LogP contribution in [0.4, 0.5) is 10.1 Å². The number of ether oxygens (including phenoxy) is 1. The number of carbonyl (C=O) groups is 2. The Hall–Kier alpha value is -2.77. The summed E-state index contributed by atoms with van der Waals surface area (Å²) in [4.78, 5) is 25.9. The first kappa shape index (κ1) is 19.5. The molecule has 2 aliphatic rings. The number of halogens is 1. The van der Waals surface area contributed by atoms with Crippen LogP contribution < -0.4 is 5.32 Å². The van der Waals surface area contributed by atoms with Crippen LogP contribution in [0.25, 0.3) is 0 Å². The van der Waals surface area contributed by atoms with E-state index in [2.05, 4.69) is 5.32 Å². The van der Waals surface area contributed by atoms with Crippen LogP contribution in [0, 0.1) is 11.7 Å². The number of aliphatic hydroxyl groups is 1. The maximum absolute atomic E-state index is 13.2. The van der Waals surface area contributed by atoms with Gasteiger partial charge in [-0.3, -0.25) is 9.59 Å². The Morgan fingerprint density at radius 2 is 1.86 bits per heavy atom. The second-order valence-electron chi connectivity index (χ2n) is 7.56. The quantitative estimate of drug-likeness (QED) is 0.784. The van der Waals surface area contributed by atoms with Crippen molar-refractivity contribution >= 4 is 17.5 Å². The molecule has 0 aromatic heterocycles. The molecule has 0 bridgehead atoms. The molecule has 1 aliphatic carbocycles. The molecule has 6 nitrogen and oxygen atoms in total. The molecule has 0 radical (unpaired) electrons. The lowest BCUT2D eigenvalue weighted by atomic mass is 9.99. The van der Waals surface area contributed by atoms with Gasteiger partial charge in [0.05, 0.1) is 12.6 Å². The molecule has 2 aromatic rings. The Kier molecular flexibility index (Phi) is 5.60. The molecule has 2 unspecified atom stereocenters. The summed E-state index contributed by atoms with van der Waals surface area (Å²) in [5.41, 5.74) is 2.08. The lowest BCUT2D eigenvalue weighted by Crippen LogP contribution is -2.51. The van der Waals surface area contributed by atoms with Crippen molar-refractivity contribution in [1.29, 1.82) is 0 Å². The fourth-order valence-corrected chi connectivity index (χ4v) is 3.45. The number of hydrogen-bond donors (Lipinski definition) is 2. The smallest absolute Gasteiger partial charge is 0.249 e. The normalized spacial score (nSPS) is 20.4. The molecule has 7 heteroatoms. The number of nitrogens with one attached hydrogen (secondary N) is 1. The second-order valence-corrected chi connectivity index (χ2v) is 7.56. The molecule has 29 heavy (non-hydrogen) atoms. The van der Waals surface area contributed by atoms with E-state index in [9.17, 15) is 19.1 Å². The van der Waals surface area contributed by atoms with Crippen molar-refractivity contribution in [3.63, 3.8) is 0 Å². The van der Waals surface area contributed by atoms with E-state index < -0.39 is 12.1 Å². The van der Waals surface area contributed by atoms with Crippen molar-refractivity contribution in [3.05, 3.63) is 65.5 Å². The van der Waals surface area contributed by atoms with Gasteiger partial charge in [-0.1, -0.05) is 24.3 Å². The van der Waals surface area contributed by atoms with Gasteiger partial charge in [0.25, 0.3) is 0 Å². The molecular weight excluding hydrogens is 375 g/mol. The molecule has 152 valence electrons. The van der Waals surface area contributed by atoms with Gasteiger partial charge in [-0.05, 0) is 48.2 Å². The van der Waals surface area contributed by atoms with Gasteiger partial charge in [0.15, 0.2) is 0 Å². The molecule has 1 saturated heterocycles. The zero-order valence-corrected chi connectivity index (χ0v) is 15.9. The summed E-state index contributed by atoms with van der Waals surface area (Å²) in [5.74, 6) is -0.425. The largest absolute Gasteiger partial charge is 0.386 e. The molecule has 1 saturated carbocycles. The Morgan fingerprint density at radius 1 is 1.17 bits per heavy atom. The van der Waals surface area contributed by atoms with Crippen LogP contribution in [-0.4, -0.2) is 41.1 Å². The summed E-state index contributed by atoms with van der Waals surface area (Å²) in [6.45, 7) is 0.421. The third kappa shape index (κ3) is 4.63. The Bertz CT molecular complexity index is 881. The van der Waals surface area contributed by atoms with Crippen LogP contribution in [0.1, 0.15) is 30.1 Å². The van der Waals surface area contributed by atoms with Crippen LogP contribution >= 0.6 is 0 Å². The minimum Gasteiger partial charge on any atom is -0.386 e. The average Bonchev–Trinajstić information content (AvgIpc) is 3.57. The van der Waals surface area contributed by atoms with Gasteiger partial charge in [0.1, 0.15) is 18.5 Å². The zero-order valence-electron chi connectivity index (χ0n) is 15.9. The molecule has 1 aliphatic heterocycles. The highest BCUT2D eigenvalue weighted by Gasteiger charge is 2.35. The number of aliphatic hydroxyl groups excluding tert-OH is 1. The Morgan fingerprint density at radius 3 is 2.52 bits per heavy atom. The molecule has 2 atom stereocenters. The van der Waals surface area contributed by atoms with Crippen molar-refractivity contribution in [2.75, 3.05) is 18.5 Å². The van der Waals surface area contributed by atoms with Crippen molar-refractivity contribution < 1.29 is 23.8 Å². The number of morpholine rings is 1. The van der Waals surface area contributed by atoms with Crippen molar-refractivity contribution in [2.24, 2.45) is 5.92 Å². The number of amides is 2. The molecule has 1 heterocycles. The van der Waals surface area contributed by atoms with Gasteiger partial charge in [0, 0.05) is 18.2 Å². The molecule has 2 amide bonds. The standard InChI is InChI=1S/C22H23FN2O4/c23-17-7-1-14(2-8-17)11-25-19(12-29-13-20(25)26)21(27)15-5-9-18(10-6-15)24-22(28)16-3-4-16/h1-2,5-10,16,19,21,27H,3-4,11-13H2,(H,24,28). The second kappa shape index (κ2) is 8.31. The van der Waals surface area contributed by atoms with Crippen LogP contribution in [0.15, 0.2) is 48.5 Å². The molecule has 2 aromatic carbocycles. The topological polar surface area (TPSA) is 78.9 Å². The Balaban J connectivity index is 1.47. The molecule has 0 spiro atoms. The average molecular weight is 398 g/mol. The summed E-state index contributed by atoms with van der Waals surface area (Å²) < 4.78 is 18.5. The Labute approximate surface area is 168 Å². The molecule has 4 rings (SSSR count). The van der Waals surface area contributed by atoms with Crippen LogP contribution in [0.5, 0.6) is 0 Å². The van der Waals surface area contributed by atoms with Gasteiger partial charge in [-0.2, -0.15) is 0 Å². The number of rotatable bonds is 6. The van der Waals surface area contributed by atoms with E-state index in [4.69, 9.17) is 4.74 Å². The number of benzene rings is 2. The highest BCUT2D eigenvalue weighted by molar-refractivity contribution is 5.94. The zero-order chi connectivity index (χ0) is 20.4. The first-order valence-electron chi connectivity index (χ1n) is 9.72. The van der Waals surface area contributed by atoms with E-state index in [0.717, 1.165) is 18.4 Å². The highest BCUT2D eigenvalue weighted by atomic mass is 19.1. The van der Waals surface area contributed by atoms with Gasteiger partial charge >= 0.3 is 0 Å². The van der Waals surface area contributed by atoms with E-state index in [-0.39, 0.29) is 43.3 Å². The molecular formula is C22H23FN2O4. The first-order valence-corrected chi connectivity index (χ1v) is 9.72. The van der Waals surface area contributed by atoms with Crippen LogP contribution in [0.3, 0.4) is 0 Å². The van der Waals surface area contributed by atoms with E-state index in [1.54, 1.807) is 41.3 Å². The van der Waals surface area contributed by atoms with E-state index in [1.807, 2.05) is 0 Å². The maximum atomic E-state index is 13.2. The summed E-state index contributed by atoms with van der Waals surface area (Å²) in [6, 6.07) is 12.3. The first-order chi connectivity index (χ1) is 14.0. The third-order valence-electron chi connectivity index (χ3n) is 5.33. The summed E-state index contributed by atoms with van der Waals surface area (Å²) in [7, 11) is 0. The minimum absolute atomic E-state index is 0.0232. The lowest BCUT2D eigenvalue weighted by Gasteiger charge is -2.38. The van der Waals surface area contributed by atoms with E-state index in [0.29, 0.717) is 11.3 Å². The fourth-order valence-electron chi connectivity index (χ4n) is 3.45. The number of nitrogens with zero attached hydrogens (tertiary/aromatic N) is 1. The van der Waals surface area contributed by atoms with Crippen LogP contribution in [0.2, 0.25) is 0 Å². The van der Waals surface area contributed by atoms with Crippen molar-refractivity contribution in [2.45, 2.75) is 31.5 Å². The van der Waals surface area contributed by atoms with Crippen LogP contribution in [-0.2, 0) is 20.9 Å². The molecule has 2 N–H and O–H groups in total. The van der Waals surface area contributed by atoms with Gasteiger partial charge in [-0.15, -0.1) is 0 Å². The summed E-state index contributed by atoms with van der Waals surface area (Å²) in [5, 5.41) is 13.8. The van der Waals surface area contributed by atoms with Crippen molar-refractivity contribution in [1.82, 2.24) is 4.90 Å². The lowest BCUT2D eigenvalue weighted by molar-refractivity contribution is -0.155. The van der Waals surface area contributed by atoms with E-state index in [1.165, 1.54) is 12.1 Å². The number of carbonyl (C=O) groups excluding carboxylic acids is 2. The monoisotopic (exact) mass is 398 g/mol. The van der Waals surface area contributed by atoms with Gasteiger partial charge in [-0.25, -0.2) is 4.39 Å². The molecule has 2 fully saturated rings. The van der Waals surface area contributed by atoms with Crippen molar-refractivity contribution in [3.8, 4) is 0 Å². The predicted octanol–water partition coefficient (Wildman–Crippen LogP) is 2.64. The van der Waals surface area contributed by atoms with Gasteiger partial charge in [0.2, 0.25) is 11.8 Å². The number of hydrogen-bond acceptors (Lipinski definition) is 4. The van der Waals surface area contributed by atoms with E-state index >= 15 is 0 Å². The number of anilines is 1. The fraction of sp³-hybridized carbons (Fsp3) is 0.364. The third-order valence-corrected chi connectivity index (χ3v) is 5.33. The minimum atomic E-state index is -0.951. The summed E-state index contributed by atoms with van der Waals surface area (Å²) in [6.07, 6.45) is 0.915. The highest BCUT2D eigenvalue weighted by Crippen LogP contribution is 2.31. The SMILES string of the molecule is O=C(Nc1ccc(C(O)C2COCC(=O)N2Cc2ccc(F)cc2)cc1)C1CC1. The van der Waals surface area contributed by atoms with Gasteiger partial charge < -0.3 is 20.1 Å². The predicted molar refractivity (Wildman–Crippen MR) is 104 cm³/mol.